The summed E-state index contributed by atoms with van der Waals surface area (Å²) < 4.78 is 47.7. The molecule has 0 radical (unpaired) electrons. The fourth-order valence-electron chi connectivity index (χ4n) is 5.42. The van der Waals surface area contributed by atoms with Gasteiger partial charge in [-0.05, 0) is 44.9 Å². The first-order valence-electron chi connectivity index (χ1n) is 20.7. The Labute approximate surface area is 331 Å². The van der Waals surface area contributed by atoms with Gasteiger partial charge in [-0.3, -0.25) is 23.2 Å². The van der Waals surface area contributed by atoms with Crippen LogP contribution in [0, 0.1) is 0 Å². The van der Waals surface area contributed by atoms with Gasteiger partial charge in [0.25, 0.3) is 0 Å². The van der Waals surface area contributed by atoms with Crippen LogP contribution in [0.5, 0.6) is 0 Å². The highest BCUT2D eigenvalue weighted by Crippen LogP contribution is 2.43. The Bertz CT molecular complexity index is 1120. The number of hydrogen-bond acceptors (Lipinski definition) is 10. The minimum atomic E-state index is -4.86. The van der Waals surface area contributed by atoms with Crippen LogP contribution < -0.4 is 0 Å². The van der Waals surface area contributed by atoms with Crippen LogP contribution in [0.2, 0.25) is 0 Å². The molecule has 0 amide bonds. The summed E-state index contributed by atoms with van der Waals surface area (Å²) in [6.45, 7) is 1.63. The third-order valence-electron chi connectivity index (χ3n) is 8.53. The first-order chi connectivity index (χ1) is 26.4. The van der Waals surface area contributed by atoms with Gasteiger partial charge in [0.15, 0.2) is 6.10 Å². The van der Waals surface area contributed by atoms with Crippen LogP contribution in [0.3, 0.4) is 0 Å². The molecule has 15 heteroatoms. The fourth-order valence-corrected chi connectivity index (χ4v) is 6.58. The average molecular weight is 825 g/mol. The number of carbonyl (C=O) groups is 2. The number of ether oxygens (including phenoxy) is 2. The highest BCUT2D eigenvalue weighted by molar-refractivity contribution is 7.47. The standard InChI is InChI=1S/C40H74O13P2/c1-3-5-7-9-11-13-15-17-18-20-22-24-26-28-30-32-40(43)53-38(36-52-55(47,48)51-34-37(41)33-50-54(44,45)46)35-49-39(42)31-29-27-25-23-21-19-16-14-12-10-8-6-4-2/h5,7,11,13,17-18,37-38,41H,3-4,6,8-10,12,14-16,19-36H2,1-2H3,(H,47,48)(H2,44,45,46)/b7-5-,13-11-,18-17-/t37-,38+/m0/s1. The molecule has 0 aromatic heterocycles. The summed E-state index contributed by atoms with van der Waals surface area (Å²) in [5.74, 6) is -1.05. The smallest absolute Gasteiger partial charge is 0.462 e. The number of allylic oxidation sites excluding steroid dienone is 6. The van der Waals surface area contributed by atoms with Gasteiger partial charge in [0.2, 0.25) is 0 Å². The Morgan fingerprint density at radius 1 is 0.545 bits per heavy atom. The molecule has 0 bridgehead atoms. The summed E-state index contributed by atoms with van der Waals surface area (Å²) in [5, 5.41) is 9.73. The molecule has 0 saturated carbocycles. The number of phosphoric ester groups is 2. The van der Waals surface area contributed by atoms with Crippen molar-refractivity contribution < 1.29 is 61.6 Å². The summed E-state index contributed by atoms with van der Waals surface area (Å²) in [7, 11) is -9.67. The van der Waals surface area contributed by atoms with Crippen molar-refractivity contribution >= 4 is 27.6 Å². The Hall–Kier alpha value is -1.66. The van der Waals surface area contributed by atoms with Gasteiger partial charge in [-0.25, -0.2) is 9.13 Å². The monoisotopic (exact) mass is 824 g/mol. The highest BCUT2D eigenvalue weighted by atomic mass is 31.2. The molecule has 1 unspecified atom stereocenters. The number of esters is 2. The van der Waals surface area contributed by atoms with E-state index in [1.54, 1.807) is 0 Å². The number of phosphoric acid groups is 2. The highest BCUT2D eigenvalue weighted by Gasteiger charge is 2.28. The van der Waals surface area contributed by atoms with Gasteiger partial charge in [0.05, 0.1) is 19.8 Å². The molecule has 13 nitrogen and oxygen atoms in total. The topological polar surface area (TPSA) is 195 Å². The zero-order valence-electron chi connectivity index (χ0n) is 33.8. The first-order valence-corrected chi connectivity index (χ1v) is 23.7. The number of aliphatic hydroxyl groups is 1. The van der Waals surface area contributed by atoms with Gasteiger partial charge in [-0.15, -0.1) is 0 Å². The van der Waals surface area contributed by atoms with Gasteiger partial charge >= 0.3 is 27.6 Å². The van der Waals surface area contributed by atoms with E-state index in [9.17, 15) is 28.7 Å². The van der Waals surface area contributed by atoms with Gasteiger partial charge < -0.3 is 29.3 Å². The summed E-state index contributed by atoms with van der Waals surface area (Å²) in [4.78, 5) is 52.6. The van der Waals surface area contributed by atoms with Crippen LogP contribution in [-0.2, 0) is 41.8 Å². The van der Waals surface area contributed by atoms with Crippen LogP contribution >= 0.6 is 15.6 Å². The Morgan fingerprint density at radius 3 is 1.55 bits per heavy atom. The van der Waals surface area contributed by atoms with E-state index in [1.807, 2.05) is 0 Å². The summed E-state index contributed by atoms with van der Waals surface area (Å²) >= 11 is 0. The molecule has 4 N–H and O–H groups in total. The van der Waals surface area contributed by atoms with Crippen molar-refractivity contribution in [2.45, 2.75) is 180 Å². The number of aliphatic hydroxyl groups excluding tert-OH is 1. The van der Waals surface area contributed by atoms with Gasteiger partial charge in [0, 0.05) is 12.8 Å². The van der Waals surface area contributed by atoms with E-state index >= 15 is 0 Å². The van der Waals surface area contributed by atoms with E-state index in [0.717, 1.165) is 70.6 Å². The third-order valence-corrected chi connectivity index (χ3v) is 9.97. The molecular weight excluding hydrogens is 750 g/mol. The molecule has 0 spiro atoms. The quantitative estimate of drug-likeness (QED) is 0.0198. The minimum absolute atomic E-state index is 0.113. The molecular formula is C40H74O13P2. The minimum Gasteiger partial charge on any atom is -0.462 e. The normalized spacial score (nSPS) is 14.5. The van der Waals surface area contributed by atoms with Crippen molar-refractivity contribution in [3.63, 3.8) is 0 Å². The van der Waals surface area contributed by atoms with E-state index in [0.29, 0.717) is 12.8 Å². The number of unbranched alkanes of at least 4 members (excludes halogenated alkanes) is 17. The van der Waals surface area contributed by atoms with Gasteiger partial charge in [-0.1, -0.05) is 147 Å². The van der Waals surface area contributed by atoms with Crippen molar-refractivity contribution in [2.24, 2.45) is 0 Å². The third kappa shape index (κ3) is 40.3. The molecule has 0 saturated heterocycles. The molecule has 3 atom stereocenters. The SMILES string of the molecule is CC/C=C\C/C=C\C/C=C\CCCCCCCC(=O)O[C@H](COC(=O)CCCCCCCCCCCCCCC)COP(=O)(O)OC[C@@H](O)COP(=O)(O)O. The van der Waals surface area contributed by atoms with Crippen molar-refractivity contribution in [1.82, 2.24) is 0 Å². The van der Waals surface area contributed by atoms with Crippen LogP contribution in [0.1, 0.15) is 168 Å². The lowest BCUT2D eigenvalue weighted by molar-refractivity contribution is -0.161. The van der Waals surface area contributed by atoms with E-state index in [1.165, 1.54) is 57.8 Å². The number of hydrogen-bond donors (Lipinski definition) is 4. The second-order valence-corrected chi connectivity index (χ2v) is 16.6. The van der Waals surface area contributed by atoms with Gasteiger partial charge in [-0.2, -0.15) is 0 Å². The Morgan fingerprint density at radius 2 is 1.00 bits per heavy atom. The number of rotatable bonds is 39. The predicted molar refractivity (Wildman–Crippen MR) is 216 cm³/mol. The average Bonchev–Trinajstić information content (AvgIpc) is 3.14. The van der Waals surface area contributed by atoms with Crippen LogP contribution in [0.4, 0.5) is 0 Å². The van der Waals surface area contributed by atoms with Crippen LogP contribution in [0.15, 0.2) is 36.5 Å². The van der Waals surface area contributed by atoms with E-state index < -0.39 is 59.6 Å². The fraction of sp³-hybridized carbons (Fsp3) is 0.800. The molecule has 322 valence electrons. The maximum atomic E-state index is 12.6. The molecule has 0 fully saturated rings. The Kier molecular flexibility index (Phi) is 35.6. The van der Waals surface area contributed by atoms with E-state index in [-0.39, 0.29) is 19.4 Å². The predicted octanol–water partition coefficient (Wildman–Crippen LogP) is 10.1. The molecule has 0 aromatic carbocycles. The van der Waals surface area contributed by atoms with E-state index in [2.05, 4.69) is 59.4 Å². The zero-order valence-corrected chi connectivity index (χ0v) is 35.6. The summed E-state index contributed by atoms with van der Waals surface area (Å²) in [5.41, 5.74) is 0. The molecule has 0 aliphatic rings. The van der Waals surface area contributed by atoms with Crippen LogP contribution in [-0.4, -0.2) is 70.4 Å². The van der Waals surface area contributed by atoms with Crippen molar-refractivity contribution in [2.75, 3.05) is 26.4 Å². The number of carbonyl (C=O) groups excluding carboxylic acids is 2. The molecule has 0 rings (SSSR count). The Balaban J connectivity index is 4.57. The zero-order chi connectivity index (χ0) is 40.9. The van der Waals surface area contributed by atoms with E-state index in [4.69, 9.17) is 23.8 Å². The maximum Gasteiger partial charge on any atom is 0.472 e. The lowest BCUT2D eigenvalue weighted by atomic mass is 10.0. The van der Waals surface area contributed by atoms with Crippen molar-refractivity contribution in [3.8, 4) is 0 Å². The molecule has 0 aliphatic heterocycles. The summed E-state index contributed by atoms with van der Waals surface area (Å²) in [6, 6.07) is 0. The molecule has 0 aromatic rings. The molecule has 0 heterocycles. The molecule has 55 heavy (non-hydrogen) atoms. The maximum absolute atomic E-state index is 12.6. The summed E-state index contributed by atoms with van der Waals surface area (Å²) in [6.07, 6.45) is 34.2. The van der Waals surface area contributed by atoms with Gasteiger partial charge in [0.1, 0.15) is 12.7 Å². The van der Waals surface area contributed by atoms with Crippen molar-refractivity contribution in [3.05, 3.63) is 36.5 Å². The molecule has 0 aliphatic carbocycles. The van der Waals surface area contributed by atoms with Crippen LogP contribution in [0.25, 0.3) is 0 Å². The van der Waals surface area contributed by atoms with Crippen molar-refractivity contribution in [1.29, 1.82) is 0 Å². The lowest BCUT2D eigenvalue weighted by Gasteiger charge is -2.20. The lowest BCUT2D eigenvalue weighted by Crippen LogP contribution is -2.30. The second kappa shape index (κ2) is 36.7. The second-order valence-electron chi connectivity index (χ2n) is 13.9. The first kappa shape index (κ1) is 53.3. The largest absolute Gasteiger partial charge is 0.472 e.